The normalized spacial score (nSPS) is 23.2. The summed E-state index contributed by atoms with van der Waals surface area (Å²) in [6.07, 6.45) is -1.47. The van der Waals surface area contributed by atoms with E-state index in [0.29, 0.717) is 38.6 Å². The van der Waals surface area contributed by atoms with Crippen LogP contribution in [-0.2, 0) is 11.3 Å². The molecule has 3 rings (SSSR count). The second-order valence-corrected chi connectivity index (χ2v) is 7.56. The van der Waals surface area contributed by atoms with E-state index in [1.165, 1.54) is 4.90 Å². The van der Waals surface area contributed by atoms with Crippen molar-refractivity contribution >= 4 is 35.8 Å². The van der Waals surface area contributed by atoms with E-state index in [9.17, 15) is 13.2 Å². The Kier molecular flexibility index (Phi) is 9.41. The van der Waals surface area contributed by atoms with Gasteiger partial charge in [0, 0.05) is 52.0 Å². The molecule has 0 amide bonds. The lowest BCUT2D eigenvalue weighted by Crippen LogP contribution is -2.45. The van der Waals surface area contributed by atoms with E-state index >= 15 is 0 Å². The highest BCUT2D eigenvalue weighted by atomic mass is 127. The van der Waals surface area contributed by atoms with Crippen LogP contribution in [0.15, 0.2) is 23.3 Å². The summed E-state index contributed by atoms with van der Waals surface area (Å²) < 4.78 is 43.1. The maximum Gasteiger partial charge on any atom is 0.401 e. The van der Waals surface area contributed by atoms with Crippen LogP contribution in [0.4, 0.5) is 19.0 Å². The molecule has 170 valence electrons. The number of nitrogens with zero attached hydrogens (tertiary/aromatic N) is 4. The Bertz CT molecular complexity index is 688. The van der Waals surface area contributed by atoms with Gasteiger partial charge in [0.2, 0.25) is 0 Å². The van der Waals surface area contributed by atoms with Crippen LogP contribution in [0.25, 0.3) is 0 Å². The highest BCUT2D eigenvalue weighted by Gasteiger charge is 2.34. The van der Waals surface area contributed by atoms with Gasteiger partial charge in [0.1, 0.15) is 5.82 Å². The zero-order valence-corrected chi connectivity index (χ0v) is 19.6. The Morgan fingerprint density at radius 1 is 1.30 bits per heavy atom. The summed E-state index contributed by atoms with van der Waals surface area (Å²) in [4.78, 5) is 12.3. The van der Waals surface area contributed by atoms with Crippen LogP contribution in [0.5, 0.6) is 0 Å². The molecule has 3 heterocycles. The molecule has 0 bridgehead atoms. The predicted molar refractivity (Wildman–Crippen MR) is 122 cm³/mol. The third-order valence-corrected chi connectivity index (χ3v) is 5.07. The molecule has 0 aliphatic carbocycles. The van der Waals surface area contributed by atoms with Crippen molar-refractivity contribution in [3.63, 3.8) is 0 Å². The zero-order valence-electron chi connectivity index (χ0n) is 17.3. The van der Waals surface area contributed by atoms with E-state index in [0.717, 1.165) is 24.5 Å². The summed E-state index contributed by atoms with van der Waals surface area (Å²) in [5, 5.41) is 6.41. The van der Waals surface area contributed by atoms with Crippen LogP contribution in [0.2, 0.25) is 0 Å². The van der Waals surface area contributed by atoms with Crippen molar-refractivity contribution in [2.75, 3.05) is 51.3 Å². The van der Waals surface area contributed by atoms with Crippen molar-refractivity contribution in [2.24, 2.45) is 4.99 Å². The van der Waals surface area contributed by atoms with Gasteiger partial charge in [-0.05, 0) is 25.0 Å². The molecule has 2 unspecified atom stereocenters. The summed E-state index contributed by atoms with van der Waals surface area (Å²) in [6.45, 7) is 4.87. The number of anilines is 1. The smallest absolute Gasteiger partial charge is 0.375 e. The number of hydrogen-bond donors (Lipinski definition) is 2. The molecule has 30 heavy (non-hydrogen) atoms. The maximum atomic E-state index is 12.5. The lowest BCUT2D eigenvalue weighted by atomic mass is 10.2. The quantitative estimate of drug-likeness (QED) is 0.338. The van der Waals surface area contributed by atoms with Crippen LogP contribution in [0.1, 0.15) is 18.9 Å². The van der Waals surface area contributed by atoms with Crippen molar-refractivity contribution in [1.82, 2.24) is 20.5 Å². The van der Waals surface area contributed by atoms with Gasteiger partial charge in [0.25, 0.3) is 0 Å². The van der Waals surface area contributed by atoms with Gasteiger partial charge in [-0.15, -0.1) is 24.0 Å². The molecule has 1 aromatic rings. The number of morpholine rings is 1. The summed E-state index contributed by atoms with van der Waals surface area (Å²) in [7, 11) is 1.65. The monoisotopic (exact) mass is 542 g/mol. The summed E-state index contributed by atoms with van der Waals surface area (Å²) in [6, 6.07) is 3.97. The Balaban J connectivity index is 0.00000320. The van der Waals surface area contributed by atoms with Gasteiger partial charge >= 0.3 is 6.18 Å². The maximum absolute atomic E-state index is 12.5. The molecule has 0 aromatic carbocycles. The van der Waals surface area contributed by atoms with Gasteiger partial charge < -0.3 is 20.3 Å². The number of nitrogens with one attached hydrogen (secondary N) is 2. The van der Waals surface area contributed by atoms with E-state index in [-0.39, 0.29) is 36.1 Å². The number of likely N-dealkylation sites (tertiary alicyclic amines) is 1. The first-order chi connectivity index (χ1) is 13.8. The number of ether oxygens (including phenoxy) is 1. The van der Waals surface area contributed by atoms with E-state index < -0.39 is 12.7 Å². The fourth-order valence-corrected chi connectivity index (χ4v) is 3.66. The molecular formula is C19H30F3IN6O. The molecule has 0 saturated carbocycles. The third-order valence-electron chi connectivity index (χ3n) is 5.07. The summed E-state index contributed by atoms with van der Waals surface area (Å²) in [5.74, 6) is 1.51. The lowest BCUT2D eigenvalue weighted by Gasteiger charge is -2.32. The number of rotatable bonds is 5. The first-order valence-electron chi connectivity index (χ1n) is 9.90. The lowest BCUT2D eigenvalue weighted by molar-refractivity contribution is -0.143. The highest BCUT2D eigenvalue weighted by Crippen LogP contribution is 2.20. The van der Waals surface area contributed by atoms with Gasteiger partial charge in [-0.2, -0.15) is 13.2 Å². The number of aliphatic imine (C=N–C) groups is 1. The molecule has 2 aliphatic heterocycles. The largest absolute Gasteiger partial charge is 0.401 e. The van der Waals surface area contributed by atoms with Crippen LogP contribution in [0.3, 0.4) is 0 Å². The van der Waals surface area contributed by atoms with Crippen molar-refractivity contribution in [2.45, 2.75) is 38.2 Å². The number of guanidine groups is 1. The topological polar surface area (TPSA) is 65.0 Å². The molecule has 0 spiro atoms. The Labute approximate surface area is 192 Å². The molecule has 2 atom stereocenters. The van der Waals surface area contributed by atoms with E-state index in [1.54, 1.807) is 7.05 Å². The van der Waals surface area contributed by atoms with Gasteiger partial charge in [0.15, 0.2) is 5.96 Å². The van der Waals surface area contributed by atoms with E-state index in [2.05, 4.69) is 32.4 Å². The number of aromatic nitrogens is 1. The SMILES string of the molecule is CN=C(NCc1ccc(N2CCOC(C)C2)nc1)NC1CCN(CC(F)(F)F)C1.I. The summed E-state index contributed by atoms with van der Waals surface area (Å²) in [5.41, 5.74) is 1.00. The van der Waals surface area contributed by atoms with E-state index in [4.69, 9.17) is 4.74 Å². The molecular weight excluding hydrogens is 512 g/mol. The first-order valence-corrected chi connectivity index (χ1v) is 9.90. The molecule has 2 fully saturated rings. The Morgan fingerprint density at radius 2 is 2.10 bits per heavy atom. The number of pyridine rings is 1. The minimum Gasteiger partial charge on any atom is -0.375 e. The van der Waals surface area contributed by atoms with Crippen LogP contribution < -0.4 is 15.5 Å². The molecule has 2 aliphatic rings. The average Bonchev–Trinajstić information content (AvgIpc) is 3.10. The third kappa shape index (κ3) is 7.73. The molecule has 2 N–H and O–H groups in total. The van der Waals surface area contributed by atoms with Crippen LogP contribution >= 0.6 is 24.0 Å². The second-order valence-electron chi connectivity index (χ2n) is 7.56. The molecule has 2 saturated heterocycles. The number of hydrogen-bond acceptors (Lipinski definition) is 5. The van der Waals surface area contributed by atoms with Crippen molar-refractivity contribution in [3.05, 3.63) is 23.9 Å². The zero-order chi connectivity index (χ0) is 20.9. The molecule has 1 aromatic heterocycles. The predicted octanol–water partition coefficient (Wildman–Crippen LogP) is 2.23. The van der Waals surface area contributed by atoms with Crippen LogP contribution in [0, 0.1) is 0 Å². The van der Waals surface area contributed by atoms with Gasteiger partial charge in [-0.25, -0.2) is 4.98 Å². The van der Waals surface area contributed by atoms with E-state index in [1.807, 2.05) is 18.3 Å². The van der Waals surface area contributed by atoms with Crippen molar-refractivity contribution in [1.29, 1.82) is 0 Å². The standard InChI is InChI=1S/C19H29F3N6O.HI/c1-14-11-28(7-8-29-14)17-4-3-15(9-24-17)10-25-18(23-2)26-16-5-6-27(12-16)13-19(20,21)22;/h3-4,9,14,16H,5-8,10-13H2,1-2H3,(H2,23,25,26);1H. The number of halogens is 4. The molecule has 7 nitrogen and oxygen atoms in total. The highest BCUT2D eigenvalue weighted by molar-refractivity contribution is 14.0. The fourth-order valence-electron chi connectivity index (χ4n) is 3.66. The van der Waals surface area contributed by atoms with Crippen molar-refractivity contribution < 1.29 is 17.9 Å². The molecule has 0 radical (unpaired) electrons. The molecule has 11 heteroatoms. The Hall–Kier alpha value is -1.34. The van der Waals surface area contributed by atoms with Gasteiger partial charge in [0.05, 0.1) is 19.3 Å². The first kappa shape index (κ1) is 24.9. The van der Waals surface area contributed by atoms with Crippen LogP contribution in [-0.4, -0.2) is 80.5 Å². The Morgan fingerprint density at radius 3 is 2.73 bits per heavy atom. The average molecular weight is 542 g/mol. The minimum atomic E-state index is -4.16. The summed E-state index contributed by atoms with van der Waals surface area (Å²) >= 11 is 0. The number of alkyl halides is 3. The second kappa shape index (κ2) is 11.3. The minimum absolute atomic E-state index is 0. The fraction of sp³-hybridized carbons (Fsp3) is 0.684. The van der Waals surface area contributed by atoms with Gasteiger partial charge in [-0.3, -0.25) is 9.89 Å². The van der Waals surface area contributed by atoms with Crippen molar-refractivity contribution in [3.8, 4) is 0 Å². The van der Waals surface area contributed by atoms with Gasteiger partial charge in [-0.1, -0.05) is 6.07 Å².